The summed E-state index contributed by atoms with van der Waals surface area (Å²) >= 11 is 0. The molecule has 0 bridgehead atoms. The van der Waals surface area contributed by atoms with Gasteiger partial charge < -0.3 is 15.0 Å². The van der Waals surface area contributed by atoms with Gasteiger partial charge in [-0.3, -0.25) is 0 Å². The van der Waals surface area contributed by atoms with Gasteiger partial charge in [-0.2, -0.15) is 4.98 Å². The lowest BCUT2D eigenvalue weighted by molar-refractivity contribution is -0.0609. The Morgan fingerprint density at radius 3 is 2.53 bits per heavy atom. The fourth-order valence-corrected chi connectivity index (χ4v) is 2.59. The van der Waals surface area contributed by atoms with Crippen LogP contribution in [-0.2, 0) is 10.3 Å². The van der Waals surface area contributed by atoms with E-state index in [0.29, 0.717) is 11.7 Å². The molecule has 19 heavy (non-hydrogen) atoms. The van der Waals surface area contributed by atoms with Crippen LogP contribution in [0.2, 0.25) is 0 Å². The summed E-state index contributed by atoms with van der Waals surface area (Å²) in [6.45, 7) is 6.36. The van der Waals surface area contributed by atoms with Gasteiger partial charge in [-0.25, -0.2) is 0 Å². The normalized spacial score (nSPS) is 29.7. The molecule has 0 saturated heterocycles. The lowest BCUT2D eigenvalue weighted by Gasteiger charge is -2.35. The van der Waals surface area contributed by atoms with Gasteiger partial charge in [0, 0.05) is 7.11 Å². The van der Waals surface area contributed by atoms with Crippen molar-refractivity contribution in [2.45, 2.75) is 58.1 Å². The molecule has 1 saturated carbocycles. The van der Waals surface area contributed by atoms with Crippen LogP contribution in [0.4, 0.5) is 0 Å². The smallest absolute Gasteiger partial charge is 0.243 e. The topological polar surface area (TPSA) is 74.2 Å². The second kappa shape index (κ2) is 5.59. The minimum absolute atomic E-state index is 0.210. The molecule has 1 unspecified atom stereocenters. The molecule has 1 aromatic rings. The molecule has 2 rings (SSSR count). The van der Waals surface area contributed by atoms with Gasteiger partial charge in [0.05, 0.1) is 6.04 Å². The third kappa shape index (κ3) is 2.82. The van der Waals surface area contributed by atoms with E-state index in [1.54, 1.807) is 7.11 Å². The van der Waals surface area contributed by atoms with Crippen LogP contribution >= 0.6 is 0 Å². The highest BCUT2D eigenvalue weighted by molar-refractivity contribution is 5.05. The number of hydrogen-bond acceptors (Lipinski definition) is 5. The Morgan fingerprint density at radius 1 is 1.37 bits per heavy atom. The largest absolute Gasteiger partial charge is 0.370 e. The molecule has 1 atom stereocenters. The molecule has 1 heterocycles. The quantitative estimate of drug-likeness (QED) is 0.908. The lowest BCUT2D eigenvalue weighted by atomic mass is 9.79. The van der Waals surface area contributed by atoms with Gasteiger partial charge in [-0.05, 0) is 37.5 Å². The summed E-state index contributed by atoms with van der Waals surface area (Å²) in [6.07, 6.45) is 4.16. The number of methoxy groups -OCH3 is 1. The molecule has 5 heteroatoms. The second-order valence-corrected chi connectivity index (χ2v) is 6.11. The predicted octanol–water partition coefficient (Wildman–Crippen LogP) is 2.78. The van der Waals surface area contributed by atoms with Crippen LogP contribution < -0.4 is 5.73 Å². The van der Waals surface area contributed by atoms with Crippen molar-refractivity contribution in [3.63, 3.8) is 0 Å². The average molecular weight is 267 g/mol. The Hall–Kier alpha value is -0.940. The standard InChI is InChI=1S/C14H25N3O2/c1-9(2)11(15)12-16-13(17-19-12)14(18-4)7-5-10(3)6-8-14/h9-11H,5-8,15H2,1-4H3. The molecule has 0 aromatic carbocycles. The van der Waals surface area contributed by atoms with E-state index < -0.39 is 0 Å². The van der Waals surface area contributed by atoms with Crippen molar-refractivity contribution < 1.29 is 9.26 Å². The zero-order valence-corrected chi connectivity index (χ0v) is 12.3. The minimum atomic E-state index is -0.384. The van der Waals surface area contributed by atoms with Gasteiger partial charge in [0.25, 0.3) is 0 Å². The summed E-state index contributed by atoms with van der Waals surface area (Å²) in [5.74, 6) is 2.19. The summed E-state index contributed by atoms with van der Waals surface area (Å²) in [7, 11) is 1.73. The molecular weight excluding hydrogens is 242 g/mol. The summed E-state index contributed by atoms with van der Waals surface area (Å²) in [5.41, 5.74) is 5.67. The van der Waals surface area contributed by atoms with E-state index in [-0.39, 0.29) is 17.6 Å². The predicted molar refractivity (Wildman–Crippen MR) is 72.4 cm³/mol. The Kier molecular flexibility index (Phi) is 4.26. The SMILES string of the molecule is COC1(c2noc(C(N)C(C)C)n2)CCC(C)CC1. The van der Waals surface area contributed by atoms with E-state index in [4.69, 9.17) is 15.0 Å². The van der Waals surface area contributed by atoms with E-state index in [1.807, 2.05) is 13.8 Å². The van der Waals surface area contributed by atoms with E-state index >= 15 is 0 Å². The molecule has 1 fully saturated rings. The summed E-state index contributed by atoms with van der Waals surface area (Å²) in [6, 6.07) is -0.210. The Balaban J connectivity index is 2.20. The van der Waals surface area contributed by atoms with Crippen LogP contribution in [0.1, 0.15) is 64.2 Å². The second-order valence-electron chi connectivity index (χ2n) is 6.11. The first kappa shape index (κ1) is 14.5. The molecule has 108 valence electrons. The number of nitrogens with two attached hydrogens (primary N) is 1. The van der Waals surface area contributed by atoms with E-state index in [9.17, 15) is 0 Å². The third-order valence-corrected chi connectivity index (χ3v) is 4.33. The number of aromatic nitrogens is 2. The van der Waals surface area contributed by atoms with Crippen molar-refractivity contribution in [1.29, 1.82) is 0 Å². The maximum absolute atomic E-state index is 6.05. The first-order valence-electron chi connectivity index (χ1n) is 7.13. The van der Waals surface area contributed by atoms with Crippen LogP contribution in [0.25, 0.3) is 0 Å². The van der Waals surface area contributed by atoms with Crippen LogP contribution in [-0.4, -0.2) is 17.3 Å². The monoisotopic (exact) mass is 267 g/mol. The van der Waals surface area contributed by atoms with Crippen LogP contribution in [0.15, 0.2) is 4.52 Å². The average Bonchev–Trinajstić information content (AvgIpc) is 2.89. The Labute approximate surface area is 114 Å². The molecule has 1 aliphatic carbocycles. The molecular formula is C14H25N3O2. The van der Waals surface area contributed by atoms with Crippen LogP contribution in [0.3, 0.4) is 0 Å². The number of nitrogens with zero attached hydrogens (tertiary/aromatic N) is 2. The van der Waals surface area contributed by atoms with E-state index in [0.717, 1.165) is 31.6 Å². The lowest BCUT2D eigenvalue weighted by Crippen LogP contribution is -2.34. The van der Waals surface area contributed by atoms with E-state index in [1.165, 1.54) is 0 Å². The first-order valence-corrected chi connectivity index (χ1v) is 7.13. The molecule has 1 aromatic heterocycles. The van der Waals surface area contributed by atoms with Crippen molar-refractivity contribution in [3.8, 4) is 0 Å². The van der Waals surface area contributed by atoms with Crippen LogP contribution in [0, 0.1) is 11.8 Å². The van der Waals surface area contributed by atoms with Gasteiger partial charge in [0.2, 0.25) is 11.7 Å². The van der Waals surface area contributed by atoms with E-state index in [2.05, 4.69) is 17.1 Å². The fourth-order valence-electron chi connectivity index (χ4n) is 2.59. The molecule has 0 aliphatic heterocycles. The van der Waals surface area contributed by atoms with Gasteiger partial charge in [-0.15, -0.1) is 0 Å². The zero-order valence-electron chi connectivity index (χ0n) is 12.3. The maximum atomic E-state index is 6.05. The highest BCUT2D eigenvalue weighted by Gasteiger charge is 2.40. The highest BCUT2D eigenvalue weighted by Crippen LogP contribution is 2.41. The van der Waals surface area contributed by atoms with Crippen molar-refractivity contribution >= 4 is 0 Å². The van der Waals surface area contributed by atoms with Crippen LogP contribution in [0.5, 0.6) is 0 Å². The van der Waals surface area contributed by atoms with Crippen molar-refractivity contribution in [2.24, 2.45) is 17.6 Å². The van der Waals surface area contributed by atoms with Crippen molar-refractivity contribution in [3.05, 3.63) is 11.7 Å². The molecule has 2 N–H and O–H groups in total. The van der Waals surface area contributed by atoms with Gasteiger partial charge in [0.1, 0.15) is 5.60 Å². The molecule has 0 amide bonds. The number of hydrogen-bond donors (Lipinski definition) is 1. The molecule has 5 nitrogen and oxygen atoms in total. The van der Waals surface area contributed by atoms with Gasteiger partial charge in [0.15, 0.2) is 0 Å². The highest BCUT2D eigenvalue weighted by atomic mass is 16.5. The first-order chi connectivity index (χ1) is 8.98. The van der Waals surface area contributed by atoms with Gasteiger partial charge >= 0.3 is 0 Å². The zero-order chi connectivity index (χ0) is 14.0. The van der Waals surface area contributed by atoms with Gasteiger partial charge in [-0.1, -0.05) is 25.9 Å². The molecule has 0 spiro atoms. The van der Waals surface area contributed by atoms with Crippen molar-refractivity contribution in [1.82, 2.24) is 10.1 Å². The Morgan fingerprint density at radius 2 is 2.00 bits per heavy atom. The summed E-state index contributed by atoms with van der Waals surface area (Å²) in [4.78, 5) is 4.50. The third-order valence-electron chi connectivity index (χ3n) is 4.33. The summed E-state index contributed by atoms with van der Waals surface area (Å²) in [5, 5.41) is 4.12. The van der Waals surface area contributed by atoms with Crippen molar-refractivity contribution in [2.75, 3.05) is 7.11 Å². The number of ether oxygens (including phenoxy) is 1. The molecule has 0 radical (unpaired) electrons. The Bertz CT molecular complexity index is 409. The minimum Gasteiger partial charge on any atom is -0.370 e. The fraction of sp³-hybridized carbons (Fsp3) is 0.857. The molecule has 1 aliphatic rings. The maximum Gasteiger partial charge on any atom is 0.243 e. The number of rotatable bonds is 4. The summed E-state index contributed by atoms with van der Waals surface area (Å²) < 4.78 is 11.1.